The lowest BCUT2D eigenvalue weighted by Gasteiger charge is -2.00. The number of nitriles is 1. The van der Waals surface area contributed by atoms with E-state index in [9.17, 15) is 4.79 Å². The SMILES string of the molecule is Cc1cccc(C(=O)Nc2nnc(C#N)o2)c1. The number of hydrogen-bond acceptors (Lipinski definition) is 5. The van der Waals surface area contributed by atoms with Gasteiger partial charge in [-0.1, -0.05) is 27.9 Å². The third-order valence-electron chi connectivity index (χ3n) is 2.02. The van der Waals surface area contributed by atoms with Gasteiger partial charge >= 0.3 is 11.9 Å². The molecular formula is C11H8N4O2. The summed E-state index contributed by atoms with van der Waals surface area (Å²) in [7, 11) is 0. The van der Waals surface area contributed by atoms with Gasteiger partial charge in [0.25, 0.3) is 5.91 Å². The van der Waals surface area contributed by atoms with E-state index in [-0.39, 0.29) is 17.8 Å². The quantitative estimate of drug-likeness (QED) is 0.840. The van der Waals surface area contributed by atoms with Crippen molar-refractivity contribution in [2.24, 2.45) is 0 Å². The molecule has 1 heterocycles. The number of benzene rings is 1. The molecule has 2 rings (SSSR count). The van der Waals surface area contributed by atoms with Crippen LogP contribution in [0.4, 0.5) is 6.01 Å². The minimum Gasteiger partial charge on any atom is -0.394 e. The average molecular weight is 228 g/mol. The van der Waals surface area contributed by atoms with Crippen molar-refractivity contribution in [1.29, 1.82) is 5.26 Å². The zero-order valence-electron chi connectivity index (χ0n) is 8.97. The van der Waals surface area contributed by atoms with Crippen molar-refractivity contribution in [2.45, 2.75) is 6.92 Å². The molecular weight excluding hydrogens is 220 g/mol. The van der Waals surface area contributed by atoms with Gasteiger partial charge in [-0.3, -0.25) is 10.1 Å². The first kappa shape index (κ1) is 10.8. The first-order valence-electron chi connectivity index (χ1n) is 4.80. The van der Waals surface area contributed by atoms with E-state index in [1.807, 2.05) is 13.0 Å². The molecule has 1 amide bonds. The number of amides is 1. The second-order valence-electron chi connectivity index (χ2n) is 3.35. The Morgan fingerprint density at radius 3 is 2.94 bits per heavy atom. The Bertz CT molecular complexity index is 598. The molecule has 0 spiro atoms. The standard InChI is InChI=1S/C11H8N4O2/c1-7-3-2-4-8(5-7)10(16)13-11-15-14-9(6-12)17-11/h2-5H,1H3,(H,13,15,16). The summed E-state index contributed by atoms with van der Waals surface area (Å²) in [6.07, 6.45) is 0. The van der Waals surface area contributed by atoms with Crippen LogP contribution in [0.1, 0.15) is 21.8 Å². The molecule has 0 saturated carbocycles. The summed E-state index contributed by atoms with van der Waals surface area (Å²) in [4.78, 5) is 11.7. The molecule has 0 atom stereocenters. The summed E-state index contributed by atoms with van der Waals surface area (Å²) in [5.74, 6) is -0.550. The molecule has 6 nitrogen and oxygen atoms in total. The molecule has 0 saturated heterocycles. The Morgan fingerprint density at radius 2 is 2.29 bits per heavy atom. The lowest BCUT2D eigenvalue weighted by Crippen LogP contribution is -2.12. The second-order valence-corrected chi connectivity index (χ2v) is 3.35. The van der Waals surface area contributed by atoms with E-state index < -0.39 is 0 Å². The van der Waals surface area contributed by atoms with Gasteiger partial charge in [-0.2, -0.15) is 5.26 Å². The van der Waals surface area contributed by atoms with Gasteiger partial charge < -0.3 is 4.42 Å². The molecule has 84 valence electrons. The Balaban J connectivity index is 2.14. The summed E-state index contributed by atoms with van der Waals surface area (Å²) in [5.41, 5.74) is 1.46. The number of rotatable bonds is 2. The van der Waals surface area contributed by atoms with Crippen molar-refractivity contribution in [2.75, 3.05) is 5.32 Å². The fourth-order valence-electron chi connectivity index (χ4n) is 1.27. The van der Waals surface area contributed by atoms with Gasteiger partial charge in [-0.25, -0.2) is 0 Å². The number of carbonyl (C=O) groups is 1. The monoisotopic (exact) mass is 228 g/mol. The first-order valence-corrected chi connectivity index (χ1v) is 4.80. The number of nitrogens with one attached hydrogen (secondary N) is 1. The summed E-state index contributed by atoms with van der Waals surface area (Å²) in [6, 6.07) is 8.65. The fraction of sp³-hybridized carbons (Fsp3) is 0.0909. The fourth-order valence-corrected chi connectivity index (χ4v) is 1.27. The minimum absolute atomic E-state index is 0.0898. The van der Waals surface area contributed by atoms with Crippen molar-refractivity contribution in [1.82, 2.24) is 10.2 Å². The van der Waals surface area contributed by atoms with Gasteiger partial charge in [0.2, 0.25) is 0 Å². The van der Waals surface area contributed by atoms with Gasteiger partial charge in [0.15, 0.2) is 6.07 Å². The molecule has 0 radical (unpaired) electrons. The van der Waals surface area contributed by atoms with Crippen molar-refractivity contribution in [3.05, 3.63) is 41.3 Å². The summed E-state index contributed by atoms with van der Waals surface area (Å²) >= 11 is 0. The third kappa shape index (κ3) is 2.46. The van der Waals surface area contributed by atoms with Crippen LogP contribution in [0.5, 0.6) is 0 Å². The summed E-state index contributed by atoms with van der Waals surface area (Å²) in [5, 5.41) is 17.8. The number of nitrogens with zero attached hydrogens (tertiary/aromatic N) is 3. The van der Waals surface area contributed by atoms with Gasteiger partial charge in [-0.05, 0) is 19.1 Å². The molecule has 6 heteroatoms. The zero-order chi connectivity index (χ0) is 12.3. The number of aromatic nitrogens is 2. The van der Waals surface area contributed by atoms with Crippen LogP contribution in [0.25, 0.3) is 0 Å². The molecule has 0 unspecified atom stereocenters. The lowest BCUT2D eigenvalue weighted by molar-refractivity contribution is 0.102. The molecule has 0 fully saturated rings. The van der Waals surface area contributed by atoms with Gasteiger partial charge in [0, 0.05) is 5.56 Å². The minimum atomic E-state index is -0.359. The highest BCUT2D eigenvalue weighted by molar-refractivity contribution is 6.03. The van der Waals surface area contributed by atoms with Crippen molar-refractivity contribution < 1.29 is 9.21 Å². The highest BCUT2D eigenvalue weighted by atomic mass is 16.4. The van der Waals surface area contributed by atoms with Gasteiger partial charge in [0.1, 0.15) is 0 Å². The Morgan fingerprint density at radius 1 is 1.47 bits per heavy atom. The molecule has 2 aromatic rings. The normalized spacial score (nSPS) is 9.65. The maximum atomic E-state index is 11.7. The number of anilines is 1. The van der Waals surface area contributed by atoms with E-state index in [1.54, 1.807) is 24.3 Å². The second kappa shape index (κ2) is 4.45. The highest BCUT2D eigenvalue weighted by Gasteiger charge is 2.10. The van der Waals surface area contributed by atoms with Crippen LogP contribution >= 0.6 is 0 Å². The van der Waals surface area contributed by atoms with Crippen LogP contribution < -0.4 is 5.32 Å². The topological polar surface area (TPSA) is 91.8 Å². The summed E-state index contributed by atoms with van der Waals surface area (Å²) < 4.78 is 4.84. The third-order valence-corrected chi connectivity index (χ3v) is 2.02. The van der Waals surface area contributed by atoms with Crippen LogP contribution in [-0.4, -0.2) is 16.1 Å². The molecule has 1 aromatic carbocycles. The van der Waals surface area contributed by atoms with Crippen molar-refractivity contribution in [3.8, 4) is 6.07 Å². The van der Waals surface area contributed by atoms with Crippen molar-refractivity contribution >= 4 is 11.9 Å². The van der Waals surface area contributed by atoms with E-state index >= 15 is 0 Å². The van der Waals surface area contributed by atoms with Crippen molar-refractivity contribution in [3.63, 3.8) is 0 Å². The number of hydrogen-bond donors (Lipinski definition) is 1. The molecule has 0 bridgehead atoms. The first-order chi connectivity index (χ1) is 8.19. The Labute approximate surface area is 96.9 Å². The predicted octanol–water partition coefficient (Wildman–Crippen LogP) is 1.50. The molecule has 0 aliphatic carbocycles. The molecule has 1 aromatic heterocycles. The molecule has 0 aliphatic heterocycles. The Kier molecular flexibility index (Phi) is 2.83. The zero-order valence-corrected chi connectivity index (χ0v) is 8.97. The van der Waals surface area contributed by atoms with E-state index in [2.05, 4.69) is 15.5 Å². The lowest BCUT2D eigenvalue weighted by atomic mass is 10.1. The molecule has 17 heavy (non-hydrogen) atoms. The van der Waals surface area contributed by atoms with Crippen LogP contribution in [0.2, 0.25) is 0 Å². The maximum Gasteiger partial charge on any atom is 0.323 e. The predicted molar refractivity (Wildman–Crippen MR) is 58.1 cm³/mol. The molecule has 1 N–H and O–H groups in total. The van der Waals surface area contributed by atoms with Gasteiger partial charge in [0.05, 0.1) is 0 Å². The summed E-state index contributed by atoms with van der Waals surface area (Å²) in [6.45, 7) is 1.89. The largest absolute Gasteiger partial charge is 0.394 e. The van der Waals surface area contributed by atoms with Crippen LogP contribution in [0.3, 0.4) is 0 Å². The maximum absolute atomic E-state index is 11.7. The van der Waals surface area contributed by atoms with E-state index in [0.717, 1.165) is 5.56 Å². The van der Waals surface area contributed by atoms with Gasteiger partial charge in [-0.15, -0.1) is 0 Å². The molecule has 0 aliphatic rings. The average Bonchev–Trinajstić information content (AvgIpc) is 2.77. The number of carbonyl (C=O) groups excluding carboxylic acids is 1. The highest BCUT2D eigenvalue weighted by Crippen LogP contribution is 2.09. The van der Waals surface area contributed by atoms with Crippen LogP contribution in [0.15, 0.2) is 28.7 Å². The number of aryl methyl sites for hydroxylation is 1. The van der Waals surface area contributed by atoms with E-state index in [0.29, 0.717) is 5.56 Å². The van der Waals surface area contributed by atoms with E-state index in [4.69, 9.17) is 9.68 Å². The van der Waals surface area contributed by atoms with Crippen LogP contribution in [-0.2, 0) is 0 Å². The Hall–Kier alpha value is -2.68. The van der Waals surface area contributed by atoms with Crippen LogP contribution in [0, 0.1) is 18.3 Å². The van der Waals surface area contributed by atoms with E-state index in [1.165, 1.54) is 0 Å². The smallest absolute Gasteiger partial charge is 0.323 e.